The number of oxazole rings is 1. The average Bonchev–Trinajstić information content (AvgIpc) is 3.65. The van der Waals surface area contributed by atoms with E-state index in [2.05, 4.69) is 51.5 Å². The molecule has 9 heteroatoms. The van der Waals surface area contributed by atoms with Gasteiger partial charge < -0.3 is 19.6 Å². The predicted molar refractivity (Wildman–Crippen MR) is 146 cm³/mol. The minimum atomic E-state index is -0.672. The zero-order valence-electron chi connectivity index (χ0n) is 21.9. The maximum absolute atomic E-state index is 13.3. The Bertz CT molecular complexity index is 1310. The van der Waals surface area contributed by atoms with Gasteiger partial charge in [-0.25, -0.2) is 9.97 Å². The number of benzene rings is 1. The van der Waals surface area contributed by atoms with Gasteiger partial charge in [0.1, 0.15) is 18.1 Å². The Hall–Kier alpha value is -3.46. The van der Waals surface area contributed by atoms with Gasteiger partial charge in [-0.05, 0) is 54.8 Å². The predicted octanol–water partition coefficient (Wildman–Crippen LogP) is 5.50. The number of hydrogen-bond donors (Lipinski definition) is 2. The van der Waals surface area contributed by atoms with Crippen LogP contribution in [0, 0.1) is 5.92 Å². The number of fused-ring (bicyclic) bond motifs is 1. The smallest absolute Gasteiger partial charge is 0.252 e. The van der Waals surface area contributed by atoms with Gasteiger partial charge in [-0.3, -0.25) is 9.59 Å². The van der Waals surface area contributed by atoms with E-state index in [0.29, 0.717) is 23.9 Å². The number of hydrogen-bond acceptors (Lipinski definition) is 6. The molecule has 0 saturated carbocycles. The molecular weight excluding hydrogens is 486 g/mol. The van der Waals surface area contributed by atoms with Crippen LogP contribution >= 0.6 is 11.3 Å². The van der Waals surface area contributed by atoms with Crippen molar-refractivity contribution < 1.29 is 14.0 Å². The number of nitrogens with zero attached hydrogens (tertiary/aromatic N) is 3. The number of rotatable bonds is 12. The summed E-state index contributed by atoms with van der Waals surface area (Å²) >= 11 is 1.72. The molecule has 0 unspecified atom stereocenters. The molecule has 4 rings (SSSR count). The number of carbonyl (C=O) groups excluding carboxylic acids is 2. The Kier molecular flexibility index (Phi) is 8.76. The molecule has 37 heavy (non-hydrogen) atoms. The zero-order chi connectivity index (χ0) is 26.4. The molecule has 1 aromatic carbocycles. The summed E-state index contributed by atoms with van der Waals surface area (Å²) in [7, 11) is 0. The van der Waals surface area contributed by atoms with Gasteiger partial charge in [0.05, 0.1) is 23.8 Å². The van der Waals surface area contributed by atoms with E-state index < -0.39 is 6.04 Å². The molecule has 0 bridgehead atoms. The summed E-state index contributed by atoms with van der Waals surface area (Å²) in [5, 5.41) is 7.82. The average molecular weight is 522 g/mol. The van der Waals surface area contributed by atoms with E-state index >= 15 is 0 Å². The molecule has 3 aromatic heterocycles. The highest BCUT2D eigenvalue weighted by Gasteiger charge is 2.24. The van der Waals surface area contributed by atoms with E-state index in [1.165, 1.54) is 17.3 Å². The first-order chi connectivity index (χ1) is 17.9. The van der Waals surface area contributed by atoms with Crippen LogP contribution < -0.4 is 10.6 Å². The molecule has 0 radical (unpaired) electrons. The van der Waals surface area contributed by atoms with E-state index in [4.69, 9.17) is 9.40 Å². The van der Waals surface area contributed by atoms with Crippen LogP contribution in [-0.2, 0) is 17.8 Å². The number of aromatic nitrogens is 3. The van der Waals surface area contributed by atoms with Crippen LogP contribution in [0.2, 0.25) is 0 Å². The molecule has 0 aliphatic heterocycles. The van der Waals surface area contributed by atoms with E-state index in [-0.39, 0.29) is 24.3 Å². The van der Waals surface area contributed by atoms with Crippen molar-refractivity contribution >= 4 is 34.2 Å². The summed E-state index contributed by atoms with van der Waals surface area (Å²) in [6.07, 6.45) is 6.26. The second-order valence-corrected chi connectivity index (χ2v) is 10.7. The Morgan fingerprint density at radius 1 is 1.16 bits per heavy atom. The van der Waals surface area contributed by atoms with Crippen LogP contribution in [0.25, 0.3) is 11.0 Å². The monoisotopic (exact) mass is 521 g/mol. The second-order valence-electron chi connectivity index (χ2n) is 9.63. The number of amides is 2. The molecule has 0 aliphatic rings. The number of thiophene rings is 1. The van der Waals surface area contributed by atoms with Crippen molar-refractivity contribution in [3.8, 4) is 0 Å². The van der Waals surface area contributed by atoms with Gasteiger partial charge in [0.2, 0.25) is 11.8 Å². The van der Waals surface area contributed by atoms with Gasteiger partial charge in [-0.1, -0.05) is 33.8 Å². The summed E-state index contributed by atoms with van der Waals surface area (Å²) in [5.41, 5.74) is 2.30. The standard InChI is InChI=1S/C28H35N5O3S/c1-5-20(6-2)33-24-10-9-19(15-22(24)31-25(33)16-21-8-7-13-37-21)27(34)32-23(14-18(3)4)28(35)30-17-26-29-11-12-36-26/h7-13,15,18,20,23H,5-6,14,16-17H2,1-4H3,(H,30,35)(H,32,34)/t23-/m0/s1. The lowest BCUT2D eigenvalue weighted by Gasteiger charge is -2.20. The second kappa shape index (κ2) is 12.2. The van der Waals surface area contributed by atoms with Gasteiger partial charge in [-0.15, -0.1) is 11.3 Å². The maximum atomic E-state index is 13.3. The van der Waals surface area contributed by atoms with Gasteiger partial charge >= 0.3 is 0 Å². The van der Waals surface area contributed by atoms with Crippen LogP contribution in [0.5, 0.6) is 0 Å². The van der Waals surface area contributed by atoms with Gasteiger partial charge in [0.25, 0.3) is 5.91 Å². The first-order valence-corrected chi connectivity index (χ1v) is 13.8. The lowest BCUT2D eigenvalue weighted by atomic mass is 10.0. The first kappa shape index (κ1) is 26.6. The summed E-state index contributed by atoms with van der Waals surface area (Å²) in [5.74, 6) is 1.08. The van der Waals surface area contributed by atoms with Gasteiger partial charge in [0.15, 0.2) is 0 Å². The molecule has 2 amide bonds. The third kappa shape index (κ3) is 6.46. The molecule has 0 spiro atoms. The number of imidazole rings is 1. The SMILES string of the molecule is CCC(CC)n1c(Cc2cccs2)nc2cc(C(=O)N[C@@H](CC(C)C)C(=O)NCc3ncco3)ccc21. The van der Waals surface area contributed by atoms with Crippen LogP contribution in [0.1, 0.15) is 79.9 Å². The normalized spacial score (nSPS) is 12.4. The molecule has 196 valence electrons. The van der Waals surface area contributed by atoms with E-state index in [0.717, 1.165) is 36.1 Å². The minimum Gasteiger partial charge on any atom is -0.447 e. The van der Waals surface area contributed by atoms with Crippen molar-refractivity contribution in [3.63, 3.8) is 0 Å². The zero-order valence-corrected chi connectivity index (χ0v) is 22.7. The quantitative estimate of drug-likeness (QED) is 0.256. The fourth-order valence-corrected chi connectivity index (χ4v) is 5.32. The van der Waals surface area contributed by atoms with Crippen molar-refractivity contribution in [2.45, 2.75) is 72.0 Å². The molecule has 0 fully saturated rings. The Labute approximate surface area is 221 Å². The van der Waals surface area contributed by atoms with Crippen molar-refractivity contribution in [1.29, 1.82) is 0 Å². The molecule has 0 saturated heterocycles. The van der Waals surface area contributed by atoms with Crippen molar-refractivity contribution in [1.82, 2.24) is 25.2 Å². The van der Waals surface area contributed by atoms with Gasteiger partial charge in [0, 0.05) is 22.9 Å². The van der Waals surface area contributed by atoms with Crippen LogP contribution in [0.4, 0.5) is 0 Å². The lowest BCUT2D eigenvalue weighted by Crippen LogP contribution is -2.47. The molecular formula is C28H35N5O3S. The molecule has 1 atom stereocenters. The van der Waals surface area contributed by atoms with E-state index in [1.807, 2.05) is 32.0 Å². The molecule has 3 heterocycles. The van der Waals surface area contributed by atoms with E-state index in [9.17, 15) is 9.59 Å². The Balaban J connectivity index is 1.57. The number of nitrogens with one attached hydrogen (secondary N) is 2. The third-order valence-electron chi connectivity index (χ3n) is 6.47. The van der Waals surface area contributed by atoms with E-state index in [1.54, 1.807) is 11.3 Å². The van der Waals surface area contributed by atoms with Gasteiger partial charge in [-0.2, -0.15) is 0 Å². The summed E-state index contributed by atoms with van der Waals surface area (Å²) in [6, 6.07) is 9.48. The van der Waals surface area contributed by atoms with Crippen molar-refractivity contribution in [3.05, 3.63) is 70.3 Å². The molecule has 8 nitrogen and oxygen atoms in total. The summed E-state index contributed by atoms with van der Waals surface area (Å²) < 4.78 is 7.52. The highest BCUT2D eigenvalue weighted by molar-refractivity contribution is 7.09. The van der Waals surface area contributed by atoms with Crippen LogP contribution in [0.15, 0.2) is 52.6 Å². The van der Waals surface area contributed by atoms with Crippen LogP contribution in [-0.4, -0.2) is 32.4 Å². The van der Waals surface area contributed by atoms with Crippen molar-refractivity contribution in [2.24, 2.45) is 5.92 Å². The lowest BCUT2D eigenvalue weighted by molar-refractivity contribution is -0.123. The highest BCUT2D eigenvalue weighted by atomic mass is 32.1. The third-order valence-corrected chi connectivity index (χ3v) is 7.35. The summed E-state index contributed by atoms with van der Waals surface area (Å²) in [4.78, 5) is 36.4. The highest BCUT2D eigenvalue weighted by Crippen LogP contribution is 2.28. The minimum absolute atomic E-state index is 0.169. The molecule has 4 aromatic rings. The Morgan fingerprint density at radius 2 is 1.97 bits per heavy atom. The first-order valence-electron chi connectivity index (χ1n) is 12.9. The molecule has 2 N–H and O–H groups in total. The topological polar surface area (TPSA) is 102 Å². The fourth-order valence-electron chi connectivity index (χ4n) is 4.62. The van der Waals surface area contributed by atoms with Crippen LogP contribution in [0.3, 0.4) is 0 Å². The molecule has 0 aliphatic carbocycles. The van der Waals surface area contributed by atoms with Crippen molar-refractivity contribution in [2.75, 3.05) is 0 Å². The largest absolute Gasteiger partial charge is 0.447 e. The summed E-state index contributed by atoms with van der Waals surface area (Å²) in [6.45, 7) is 8.60. The fraction of sp³-hybridized carbons (Fsp3) is 0.429. The Morgan fingerprint density at radius 3 is 2.62 bits per heavy atom. The number of carbonyl (C=O) groups is 2. The maximum Gasteiger partial charge on any atom is 0.252 e.